The molecule has 0 spiro atoms. The lowest BCUT2D eigenvalue weighted by molar-refractivity contribution is -0.127. The van der Waals surface area contributed by atoms with Crippen molar-refractivity contribution in [2.75, 3.05) is 26.4 Å². The van der Waals surface area contributed by atoms with E-state index in [4.69, 9.17) is 21.1 Å². The predicted octanol–water partition coefficient (Wildman–Crippen LogP) is 2.71. The summed E-state index contributed by atoms with van der Waals surface area (Å²) in [5, 5.41) is 0.578. The summed E-state index contributed by atoms with van der Waals surface area (Å²) < 4.78 is 11.4. The Morgan fingerprint density at radius 3 is 2.67 bits per heavy atom. The van der Waals surface area contributed by atoms with Gasteiger partial charge in [-0.1, -0.05) is 17.7 Å². The van der Waals surface area contributed by atoms with Gasteiger partial charge < -0.3 is 9.47 Å². The van der Waals surface area contributed by atoms with Gasteiger partial charge >= 0.3 is 0 Å². The monoisotopic (exact) mass is 409 g/mol. The molecule has 0 aliphatic carbocycles. The van der Waals surface area contributed by atoms with Gasteiger partial charge in [-0.2, -0.15) is 0 Å². The third-order valence-corrected chi connectivity index (χ3v) is 5.72. The van der Waals surface area contributed by atoms with Gasteiger partial charge in [-0.25, -0.2) is 0 Å². The molecule has 7 heteroatoms. The van der Waals surface area contributed by atoms with Crippen molar-refractivity contribution in [2.45, 2.75) is 5.92 Å². The first kappa shape index (κ1) is 16.1. The first-order valence-corrected chi connectivity index (χ1v) is 8.70. The summed E-state index contributed by atoms with van der Waals surface area (Å²) in [4.78, 5) is 29.6. The van der Waals surface area contributed by atoms with Crippen LogP contribution in [0, 0.1) is 5.92 Å². The quantitative estimate of drug-likeness (QED) is 0.714. The number of fused-ring (bicyclic) bond motifs is 1. The fourth-order valence-corrected chi connectivity index (χ4v) is 4.02. The first-order chi connectivity index (χ1) is 11.6. The van der Waals surface area contributed by atoms with Gasteiger partial charge in [0.15, 0.2) is 11.6 Å². The van der Waals surface area contributed by atoms with Gasteiger partial charge in [0.05, 0.1) is 35.6 Å². The smallest absolute Gasteiger partial charge is 0.187 e. The number of ether oxygens (including phenoxy) is 2. The van der Waals surface area contributed by atoms with E-state index in [-0.39, 0.29) is 37.3 Å². The van der Waals surface area contributed by atoms with Gasteiger partial charge in [-0.05, 0) is 33.6 Å². The Morgan fingerprint density at radius 1 is 1.08 bits per heavy atom. The van der Waals surface area contributed by atoms with Crippen LogP contribution in [-0.4, -0.2) is 43.7 Å². The summed E-state index contributed by atoms with van der Waals surface area (Å²) in [6, 6.07) is 5.49. The summed E-state index contributed by atoms with van der Waals surface area (Å²) in [6.45, 7) is 0.637. The van der Waals surface area contributed by atoms with Gasteiger partial charge in [0.25, 0.3) is 0 Å². The fourth-order valence-electron chi connectivity index (χ4n) is 3.51. The first-order valence-electron chi connectivity index (χ1n) is 7.53. The maximum atomic E-state index is 12.5. The number of carbonyl (C=O) groups excluding carboxylic acids is 2. The second kappa shape index (κ2) is 6.19. The van der Waals surface area contributed by atoms with Crippen LogP contribution in [0.4, 0.5) is 0 Å². The Morgan fingerprint density at radius 2 is 1.88 bits per heavy atom. The molecule has 5 nitrogen and oxygen atoms in total. The van der Waals surface area contributed by atoms with E-state index < -0.39 is 5.92 Å². The number of benzene rings is 1. The molecule has 1 aromatic rings. The van der Waals surface area contributed by atoms with Crippen molar-refractivity contribution in [3.8, 4) is 0 Å². The molecule has 1 saturated heterocycles. The number of carbonyl (C=O) groups is 2. The maximum Gasteiger partial charge on any atom is 0.187 e. The highest BCUT2D eigenvalue weighted by Gasteiger charge is 2.45. The van der Waals surface area contributed by atoms with Crippen molar-refractivity contribution < 1.29 is 19.1 Å². The summed E-state index contributed by atoms with van der Waals surface area (Å²) in [5.41, 5.74) is 2.72. The molecule has 0 bridgehead atoms. The van der Waals surface area contributed by atoms with Crippen LogP contribution in [-0.2, 0) is 19.1 Å². The van der Waals surface area contributed by atoms with E-state index in [0.29, 0.717) is 28.6 Å². The number of ketones is 2. The third kappa shape index (κ3) is 2.58. The number of Topliss-reactive ketones (excluding diaryl/α,β-unsaturated/α-hetero) is 2. The minimum absolute atomic E-state index is 0.0202. The summed E-state index contributed by atoms with van der Waals surface area (Å²) in [5.74, 6) is -1.00. The van der Waals surface area contributed by atoms with Gasteiger partial charge in [-0.15, -0.1) is 0 Å². The van der Waals surface area contributed by atoms with E-state index in [2.05, 4.69) is 20.9 Å². The topological polar surface area (TPSA) is 65.0 Å². The lowest BCUT2D eigenvalue weighted by Crippen LogP contribution is -2.45. The molecule has 1 fully saturated rings. The molecule has 3 aliphatic rings. The molecule has 2 atom stereocenters. The molecule has 0 saturated carbocycles. The van der Waals surface area contributed by atoms with Crippen LogP contribution >= 0.6 is 27.5 Å². The van der Waals surface area contributed by atoms with Crippen LogP contribution in [0.3, 0.4) is 0 Å². The molecular weight excluding hydrogens is 398 g/mol. The van der Waals surface area contributed by atoms with Crippen LogP contribution in [0.1, 0.15) is 11.5 Å². The molecular formula is C17H13BrClNO4. The molecule has 0 radical (unpaired) electrons. The van der Waals surface area contributed by atoms with Crippen molar-refractivity contribution in [1.29, 1.82) is 0 Å². The molecule has 24 heavy (non-hydrogen) atoms. The molecule has 3 aliphatic heterocycles. The Kier molecular flexibility index (Phi) is 4.16. The van der Waals surface area contributed by atoms with Gasteiger partial charge in [0, 0.05) is 16.0 Å². The van der Waals surface area contributed by atoms with E-state index in [1.54, 1.807) is 6.07 Å². The summed E-state index contributed by atoms with van der Waals surface area (Å²) >= 11 is 9.52. The van der Waals surface area contributed by atoms with Crippen LogP contribution in [0.15, 0.2) is 38.9 Å². The maximum absolute atomic E-state index is 12.5. The third-order valence-electron chi connectivity index (χ3n) is 4.51. The van der Waals surface area contributed by atoms with Crippen molar-refractivity contribution in [3.05, 3.63) is 44.5 Å². The van der Waals surface area contributed by atoms with Crippen LogP contribution < -0.4 is 0 Å². The number of hydrogen-bond donors (Lipinski definition) is 0. The molecule has 3 heterocycles. The SMILES string of the molecule is O=C1COCC2=C1C(c1ccc(Cl)c(Br)c1)C1C(=O)COCC1=N2. The zero-order chi connectivity index (χ0) is 16.8. The molecule has 4 rings (SSSR count). The normalized spacial score (nSPS) is 26.8. The Bertz CT molecular complexity index is 817. The highest BCUT2D eigenvalue weighted by molar-refractivity contribution is 9.10. The minimum atomic E-state index is -0.465. The number of nitrogens with zero attached hydrogens (tertiary/aromatic N) is 1. The summed E-state index contributed by atoms with van der Waals surface area (Å²) in [6.07, 6.45) is 0. The van der Waals surface area contributed by atoms with E-state index in [9.17, 15) is 9.59 Å². The lowest BCUT2D eigenvalue weighted by Gasteiger charge is -2.37. The highest BCUT2D eigenvalue weighted by atomic mass is 79.9. The zero-order valence-corrected chi connectivity index (χ0v) is 14.9. The molecule has 0 N–H and O–H groups in total. The number of hydrogen-bond acceptors (Lipinski definition) is 5. The van der Waals surface area contributed by atoms with E-state index in [1.165, 1.54) is 0 Å². The van der Waals surface area contributed by atoms with Crippen molar-refractivity contribution in [1.82, 2.24) is 0 Å². The van der Waals surface area contributed by atoms with E-state index >= 15 is 0 Å². The van der Waals surface area contributed by atoms with E-state index in [1.807, 2.05) is 12.1 Å². The molecule has 0 aromatic heterocycles. The van der Waals surface area contributed by atoms with Crippen molar-refractivity contribution in [3.63, 3.8) is 0 Å². The van der Waals surface area contributed by atoms with Crippen LogP contribution in [0.25, 0.3) is 0 Å². The molecule has 2 unspecified atom stereocenters. The average molecular weight is 411 g/mol. The van der Waals surface area contributed by atoms with Gasteiger partial charge in [0.1, 0.15) is 13.2 Å². The Hall–Kier alpha value is -1.34. The van der Waals surface area contributed by atoms with Crippen LogP contribution in [0.2, 0.25) is 5.02 Å². The Labute approximate surface area is 151 Å². The highest BCUT2D eigenvalue weighted by Crippen LogP contribution is 2.43. The van der Waals surface area contributed by atoms with Crippen molar-refractivity contribution in [2.24, 2.45) is 10.9 Å². The molecule has 1 aromatic carbocycles. The number of halogens is 2. The second-order valence-corrected chi connectivity index (χ2v) is 7.23. The average Bonchev–Trinajstić information content (AvgIpc) is 2.56. The predicted molar refractivity (Wildman–Crippen MR) is 91.5 cm³/mol. The largest absolute Gasteiger partial charge is 0.368 e. The van der Waals surface area contributed by atoms with E-state index in [0.717, 1.165) is 10.0 Å². The summed E-state index contributed by atoms with van der Waals surface area (Å²) in [7, 11) is 0. The number of aliphatic imine (C=N–C) groups is 1. The molecule has 0 amide bonds. The standard InChI is InChI=1S/C17H13BrClNO4/c18-9-3-8(1-2-10(9)19)15-16-11(4-23-6-13(16)21)20-12-5-24-7-14(22)17(12)15/h1-3,15-16H,4-7H2. The number of rotatable bonds is 1. The second-order valence-electron chi connectivity index (χ2n) is 5.97. The minimum Gasteiger partial charge on any atom is -0.368 e. The zero-order valence-electron chi connectivity index (χ0n) is 12.6. The van der Waals surface area contributed by atoms with Gasteiger partial charge in [-0.3, -0.25) is 14.6 Å². The van der Waals surface area contributed by atoms with Crippen molar-refractivity contribution >= 4 is 44.8 Å². The van der Waals surface area contributed by atoms with Crippen LogP contribution in [0.5, 0.6) is 0 Å². The Balaban J connectivity index is 1.91. The lowest BCUT2D eigenvalue weighted by atomic mass is 9.71. The fraction of sp³-hybridized carbons (Fsp3) is 0.353. The van der Waals surface area contributed by atoms with Gasteiger partial charge in [0.2, 0.25) is 0 Å². The molecule has 124 valence electrons.